The van der Waals surface area contributed by atoms with Crippen molar-refractivity contribution in [3.8, 4) is 11.5 Å². The lowest BCUT2D eigenvalue weighted by molar-refractivity contribution is 0.103. The number of aliphatic hydroxyl groups is 1. The van der Waals surface area contributed by atoms with Crippen molar-refractivity contribution in [2.45, 2.75) is 32.4 Å². The van der Waals surface area contributed by atoms with Gasteiger partial charge in [-0.2, -0.15) is 0 Å². The van der Waals surface area contributed by atoms with Gasteiger partial charge in [-0.25, -0.2) is 0 Å². The largest absolute Gasteiger partial charge is 0.493 e. The van der Waals surface area contributed by atoms with Gasteiger partial charge in [-0.3, -0.25) is 0 Å². The van der Waals surface area contributed by atoms with Crippen molar-refractivity contribution >= 4 is 0 Å². The molecule has 1 aromatic carbocycles. The lowest BCUT2D eigenvalue weighted by atomic mass is 10.1. The van der Waals surface area contributed by atoms with Crippen LogP contribution in [0.4, 0.5) is 0 Å². The van der Waals surface area contributed by atoms with E-state index < -0.39 is 6.10 Å². The zero-order valence-electron chi connectivity index (χ0n) is 12.0. The Labute approximate surface area is 115 Å². The Hall–Kier alpha value is -1.26. The van der Waals surface area contributed by atoms with Gasteiger partial charge in [0, 0.05) is 12.6 Å². The third-order valence-corrected chi connectivity index (χ3v) is 2.71. The van der Waals surface area contributed by atoms with Crippen LogP contribution in [0.2, 0.25) is 0 Å². The lowest BCUT2D eigenvalue weighted by Crippen LogP contribution is -2.35. The van der Waals surface area contributed by atoms with Gasteiger partial charge in [-0.15, -0.1) is 0 Å². The maximum absolute atomic E-state index is 9.79. The predicted molar refractivity (Wildman–Crippen MR) is 76.7 cm³/mol. The minimum atomic E-state index is -0.542. The Morgan fingerprint density at radius 3 is 2.63 bits per heavy atom. The van der Waals surface area contributed by atoms with Crippen LogP contribution in [-0.4, -0.2) is 37.5 Å². The maximum atomic E-state index is 9.79. The molecule has 4 heteroatoms. The zero-order chi connectivity index (χ0) is 14.3. The second-order valence-corrected chi connectivity index (χ2v) is 4.76. The topological polar surface area (TPSA) is 50.7 Å². The molecule has 0 aromatic heterocycles. The predicted octanol–water partition coefficient (Wildman–Crippen LogP) is 1.81. The molecule has 19 heavy (non-hydrogen) atoms. The molecule has 1 unspecified atom stereocenters. The Morgan fingerprint density at radius 1 is 1.32 bits per heavy atom. The van der Waals surface area contributed by atoms with Gasteiger partial charge in [0.2, 0.25) is 0 Å². The minimum Gasteiger partial charge on any atom is -0.493 e. The number of aliphatic hydroxyl groups excluding tert-OH is 1. The molecule has 0 spiro atoms. The first-order valence-electron chi connectivity index (χ1n) is 6.57. The summed E-state index contributed by atoms with van der Waals surface area (Å²) in [5, 5.41) is 12.9. The fourth-order valence-electron chi connectivity index (χ4n) is 1.60. The van der Waals surface area contributed by atoms with E-state index in [0.717, 1.165) is 5.56 Å². The standard InChI is InChI=1S/C15H24NO3/c1-5-12-6-7-14(15(8-12)18-4)19-10-13(17)9-16-11(2)3/h6-8,11,13,16-17H,1,5,9-10H2,2-4H3. The molecule has 0 aliphatic heterocycles. The molecule has 0 aliphatic carbocycles. The molecule has 107 valence electrons. The normalized spacial score (nSPS) is 12.5. The van der Waals surface area contributed by atoms with E-state index in [-0.39, 0.29) is 6.61 Å². The van der Waals surface area contributed by atoms with Crippen LogP contribution in [0.15, 0.2) is 18.2 Å². The highest BCUT2D eigenvalue weighted by atomic mass is 16.5. The molecular weight excluding hydrogens is 242 g/mol. The second-order valence-electron chi connectivity index (χ2n) is 4.76. The van der Waals surface area contributed by atoms with E-state index in [0.29, 0.717) is 30.5 Å². The minimum absolute atomic E-state index is 0.236. The van der Waals surface area contributed by atoms with Crippen LogP contribution in [0, 0.1) is 6.92 Å². The number of ether oxygens (including phenoxy) is 2. The van der Waals surface area contributed by atoms with Crippen LogP contribution in [-0.2, 0) is 6.42 Å². The molecule has 1 rings (SSSR count). The highest BCUT2D eigenvalue weighted by Gasteiger charge is 2.09. The van der Waals surface area contributed by atoms with Gasteiger partial charge >= 0.3 is 0 Å². The summed E-state index contributed by atoms with van der Waals surface area (Å²) in [4.78, 5) is 0. The van der Waals surface area contributed by atoms with Crippen molar-refractivity contribution in [2.24, 2.45) is 0 Å². The van der Waals surface area contributed by atoms with E-state index in [1.165, 1.54) is 0 Å². The molecule has 0 bridgehead atoms. The molecular formula is C15H24NO3. The zero-order valence-corrected chi connectivity index (χ0v) is 12.0. The molecule has 0 fully saturated rings. The first kappa shape index (κ1) is 15.8. The van der Waals surface area contributed by atoms with E-state index >= 15 is 0 Å². The van der Waals surface area contributed by atoms with Crippen LogP contribution >= 0.6 is 0 Å². The highest BCUT2D eigenvalue weighted by Crippen LogP contribution is 2.28. The van der Waals surface area contributed by atoms with Gasteiger partial charge < -0.3 is 19.9 Å². The van der Waals surface area contributed by atoms with E-state index in [1.807, 2.05) is 32.0 Å². The first-order valence-corrected chi connectivity index (χ1v) is 6.57. The van der Waals surface area contributed by atoms with Gasteiger partial charge in [0.15, 0.2) is 11.5 Å². The Kier molecular flexibility index (Phi) is 6.67. The summed E-state index contributed by atoms with van der Waals surface area (Å²) in [7, 11) is 1.60. The van der Waals surface area contributed by atoms with E-state index in [1.54, 1.807) is 7.11 Å². The summed E-state index contributed by atoms with van der Waals surface area (Å²) in [6.07, 6.45) is 0.164. The van der Waals surface area contributed by atoms with Crippen LogP contribution in [0.25, 0.3) is 0 Å². The van der Waals surface area contributed by atoms with Crippen LogP contribution < -0.4 is 14.8 Å². The number of rotatable bonds is 8. The van der Waals surface area contributed by atoms with Crippen LogP contribution in [0.1, 0.15) is 19.4 Å². The summed E-state index contributed by atoms with van der Waals surface area (Å²) in [6.45, 7) is 8.65. The molecule has 0 saturated carbocycles. The summed E-state index contributed by atoms with van der Waals surface area (Å²) >= 11 is 0. The Balaban J connectivity index is 2.52. The molecule has 1 aromatic rings. The third-order valence-electron chi connectivity index (χ3n) is 2.71. The summed E-state index contributed by atoms with van der Waals surface area (Å²) in [5.74, 6) is 1.31. The molecule has 0 aliphatic rings. The quantitative estimate of drug-likeness (QED) is 0.753. The summed E-state index contributed by atoms with van der Waals surface area (Å²) < 4.78 is 10.9. The molecule has 1 radical (unpaired) electrons. The fourth-order valence-corrected chi connectivity index (χ4v) is 1.60. The number of hydrogen-bond acceptors (Lipinski definition) is 4. The Morgan fingerprint density at radius 2 is 2.05 bits per heavy atom. The van der Waals surface area contributed by atoms with Gasteiger partial charge in [-0.1, -0.05) is 19.9 Å². The molecule has 0 heterocycles. The maximum Gasteiger partial charge on any atom is 0.161 e. The van der Waals surface area contributed by atoms with Crippen molar-refractivity contribution in [3.05, 3.63) is 30.7 Å². The van der Waals surface area contributed by atoms with Crippen molar-refractivity contribution in [1.29, 1.82) is 0 Å². The van der Waals surface area contributed by atoms with Crippen molar-refractivity contribution in [1.82, 2.24) is 5.32 Å². The van der Waals surface area contributed by atoms with Gasteiger partial charge in [0.25, 0.3) is 0 Å². The van der Waals surface area contributed by atoms with Gasteiger partial charge in [0.1, 0.15) is 12.7 Å². The smallest absolute Gasteiger partial charge is 0.161 e. The summed E-state index contributed by atoms with van der Waals surface area (Å²) in [5.41, 5.74) is 1.09. The number of methoxy groups -OCH3 is 1. The van der Waals surface area contributed by atoms with Crippen molar-refractivity contribution in [2.75, 3.05) is 20.3 Å². The summed E-state index contributed by atoms with van der Waals surface area (Å²) in [6, 6.07) is 6.05. The lowest BCUT2D eigenvalue weighted by Gasteiger charge is -2.16. The SMILES string of the molecule is [CH2]Cc1ccc(OCC(O)CNC(C)C)c(OC)c1. The van der Waals surface area contributed by atoms with E-state index in [4.69, 9.17) is 9.47 Å². The average Bonchev–Trinajstić information content (AvgIpc) is 2.42. The number of hydrogen-bond donors (Lipinski definition) is 2. The van der Waals surface area contributed by atoms with Gasteiger partial charge in [0.05, 0.1) is 7.11 Å². The van der Waals surface area contributed by atoms with Crippen molar-refractivity contribution in [3.63, 3.8) is 0 Å². The molecule has 4 nitrogen and oxygen atoms in total. The van der Waals surface area contributed by atoms with E-state index in [9.17, 15) is 5.11 Å². The molecule has 0 amide bonds. The van der Waals surface area contributed by atoms with Gasteiger partial charge in [-0.05, 0) is 31.0 Å². The second kappa shape index (κ2) is 8.02. The number of nitrogens with one attached hydrogen (secondary N) is 1. The van der Waals surface area contributed by atoms with Crippen LogP contribution in [0.5, 0.6) is 11.5 Å². The Bertz CT molecular complexity index is 380. The molecule has 1 atom stereocenters. The monoisotopic (exact) mass is 266 g/mol. The van der Waals surface area contributed by atoms with Crippen LogP contribution in [0.3, 0.4) is 0 Å². The average molecular weight is 266 g/mol. The highest BCUT2D eigenvalue weighted by molar-refractivity contribution is 5.43. The fraction of sp³-hybridized carbons (Fsp3) is 0.533. The molecule has 2 N–H and O–H groups in total. The molecule has 0 saturated heterocycles. The van der Waals surface area contributed by atoms with E-state index in [2.05, 4.69) is 12.2 Å². The number of benzene rings is 1. The first-order chi connectivity index (χ1) is 9.06. The van der Waals surface area contributed by atoms with Crippen molar-refractivity contribution < 1.29 is 14.6 Å². The third kappa shape index (κ3) is 5.49.